The van der Waals surface area contributed by atoms with Gasteiger partial charge < -0.3 is 10.1 Å². The van der Waals surface area contributed by atoms with Gasteiger partial charge in [0.05, 0.1) is 12.8 Å². The van der Waals surface area contributed by atoms with Crippen molar-refractivity contribution < 1.29 is 4.74 Å². The Morgan fingerprint density at radius 3 is 3.18 bits per heavy atom. The molecule has 1 atom stereocenters. The average molecular weight is 237 g/mol. The van der Waals surface area contributed by atoms with Crippen LogP contribution < -0.4 is 5.32 Å². The molecule has 0 radical (unpaired) electrons. The summed E-state index contributed by atoms with van der Waals surface area (Å²) >= 11 is 0. The van der Waals surface area contributed by atoms with Crippen LogP contribution in [0.25, 0.3) is 0 Å². The molecular formula is C13H23N3O. The first-order valence-corrected chi connectivity index (χ1v) is 6.59. The van der Waals surface area contributed by atoms with Gasteiger partial charge >= 0.3 is 0 Å². The van der Waals surface area contributed by atoms with E-state index in [4.69, 9.17) is 4.74 Å². The van der Waals surface area contributed by atoms with Crippen molar-refractivity contribution in [2.75, 3.05) is 25.1 Å². The number of nitrogens with one attached hydrogen (secondary N) is 1. The van der Waals surface area contributed by atoms with E-state index in [0.29, 0.717) is 5.92 Å². The van der Waals surface area contributed by atoms with Crippen LogP contribution in [0, 0.1) is 11.8 Å². The quantitative estimate of drug-likeness (QED) is 0.825. The van der Waals surface area contributed by atoms with Crippen molar-refractivity contribution in [2.45, 2.75) is 33.2 Å². The van der Waals surface area contributed by atoms with E-state index in [9.17, 15) is 0 Å². The average Bonchev–Trinajstić information content (AvgIpc) is 2.91. The maximum atomic E-state index is 5.40. The molecule has 0 aromatic carbocycles. The lowest BCUT2D eigenvalue weighted by Crippen LogP contribution is -2.15. The number of hydrogen-bond donors (Lipinski definition) is 1. The smallest absolute Gasteiger partial charge is 0.124 e. The Morgan fingerprint density at radius 1 is 1.59 bits per heavy atom. The lowest BCUT2D eigenvalue weighted by atomic mass is 10.1. The van der Waals surface area contributed by atoms with Crippen molar-refractivity contribution in [3.63, 3.8) is 0 Å². The number of nitrogens with zero attached hydrogens (tertiary/aromatic N) is 2. The fourth-order valence-corrected chi connectivity index (χ4v) is 2.09. The van der Waals surface area contributed by atoms with Crippen LogP contribution in [0.3, 0.4) is 0 Å². The van der Waals surface area contributed by atoms with E-state index in [-0.39, 0.29) is 0 Å². The molecule has 96 valence electrons. The molecular weight excluding hydrogens is 214 g/mol. The van der Waals surface area contributed by atoms with Gasteiger partial charge in [0.25, 0.3) is 0 Å². The minimum Gasteiger partial charge on any atom is -0.381 e. The molecule has 17 heavy (non-hydrogen) atoms. The fraction of sp³-hybridized carbons (Fsp3) is 0.769. The second-order valence-electron chi connectivity index (χ2n) is 5.24. The van der Waals surface area contributed by atoms with Gasteiger partial charge in [-0.2, -0.15) is 5.10 Å². The van der Waals surface area contributed by atoms with E-state index >= 15 is 0 Å². The Hall–Kier alpha value is -1.03. The first-order chi connectivity index (χ1) is 8.25. The lowest BCUT2D eigenvalue weighted by molar-refractivity contribution is 0.181. The van der Waals surface area contributed by atoms with Gasteiger partial charge in [0.15, 0.2) is 0 Å². The van der Waals surface area contributed by atoms with E-state index in [2.05, 4.69) is 35.0 Å². The lowest BCUT2D eigenvalue weighted by Gasteiger charge is -2.13. The van der Waals surface area contributed by atoms with Gasteiger partial charge in [-0.25, -0.2) is 4.68 Å². The number of aromatic nitrogens is 2. The monoisotopic (exact) mass is 237 g/mol. The normalized spacial score (nSPS) is 20.1. The van der Waals surface area contributed by atoms with Crippen molar-refractivity contribution in [1.29, 1.82) is 0 Å². The molecule has 1 N–H and O–H groups in total. The topological polar surface area (TPSA) is 39.1 Å². The van der Waals surface area contributed by atoms with E-state index in [1.807, 2.05) is 6.20 Å². The third-order valence-corrected chi connectivity index (χ3v) is 3.20. The van der Waals surface area contributed by atoms with Crippen molar-refractivity contribution in [2.24, 2.45) is 11.8 Å². The molecule has 2 rings (SSSR count). The summed E-state index contributed by atoms with van der Waals surface area (Å²) in [6.07, 6.45) is 4.22. The van der Waals surface area contributed by atoms with Crippen LogP contribution in [-0.2, 0) is 11.3 Å². The summed E-state index contributed by atoms with van der Waals surface area (Å²) in [5.41, 5.74) is 0. The summed E-state index contributed by atoms with van der Waals surface area (Å²) in [6, 6.07) is 2.05. The summed E-state index contributed by atoms with van der Waals surface area (Å²) in [4.78, 5) is 0. The van der Waals surface area contributed by atoms with E-state index in [0.717, 1.165) is 44.5 Å². The molecule has 1 aliphatic heterocycles. The predicted octanol–water partition coefficient (Wildman–Crippen LogP) is 2.38. The fourth-order valence-electron chi connectivity index (χ4n) is 2.09. The molecule has 1 fully saturated rings. The second-order valence-corrected chi connectivity index (χ2v) is 5.24. The largest absolute Gasteiger partial charge is 0.381 e. The van der Waals surface area contributed by atoms with Crippen molar-refractivity contribution >= 4 is 5.82 Å². The molecule has 0 bridgehead atoms. The molecule has 2 heterocycles. The number of ether oxygens (including phenoxy) is 1. The Balaban J connectivity index is 1.83. The highest BCUT2D eigenvalue weighted by atomic mass is 16.5. The summed E-state index contributed by atoms with van der Waals surface area (Å²) < 4.78 is 7.47. The van der Waals surface area contributed by atoms with E-state index in [1.165, 1.54) is 6.42 Å². The Labute approximate surface area is 103 Å². The summed E-state index contributed by atoms with van der Waals surface area (Å²) in [5.74, 6) is 2.50. The van der Waals surface area contributed by atoms with Gasteiger partial charge in [-0.15, -0.1) is 0 Å². The Bertz CT molecular complexity index is 329. The van der Waals surface area contributed by atoms with Crippen LogP contribution in [0.1, 0.15) is 26.7 Å². The zero-order valence-corrected chi connectivity index (χ0v) is 10.9. The predicted molar refractivity (Wildman–Crippen MR) is 69.1 cm³/mol. The van der Waals surface area contributed by atoms with Crippen LogP contribution in [0.5, 0.6) is 0 Å². The van der Waals surface area contributed by atoms with E-state index in [1.54, 1.807) is 0 Å². The molecule has 1 saturated heterocycles. The van der Waals surface area contributed by atoms with E-state index < -0.39 is 0 Å². The van der Waals surface area contributed by atoms with Crippen molar-refractivity contribution in [3.05, 3.63) is 12.3 Å². The van der Waals surface area contributed by atoms with Crippen LogP contribution in [0.4, 0.5) is 5.82 Å². The Kier molecular flexibility index (Phi) is 4.42. The molecule has 1 unspecified atom stereocenters. The molecule has 4 nitrogen and oxygen atoms in total. The van der Waals surface area contributed by atoms with Crippen molar-refractivity contribution in [1.82, 2.24) is 9.78 Å². The first kappa shape index (κ1) is 12.4. The van der Waals surface area contributed by atoms with Crippen LogP contribution in [0.15, 0.2) is 12.3 Å². The zero-order valence-electron chi connectivity index (χ0n) is 10.9. The second kappa shape index (κ2) is 6.05. The Morgan fingerprint density at radius 2 is 2.47 bits per heavy atom. The third kappa shape index (κ3) is 3.73. The highest BCUT2D eigenvalue weighted by Crippen LogP contribution is 2.17. The highest BCUT2D eigenvalue weighted by Gasteiger charge is 2.17. The molecule has 0 saturated carbocycles. The summed E-state index contributed by atoms with van der Waals surface area (Å²) in [6.45, 7) is 8.26. The van der Waals surface area contributed by atoms with Gasteiger partial charge in [-0.3, -0.25) is 0 Å². The van der Waals surface area contributed by atoms with Crippen molar-refractivity contribution in [3.8, 4) is 0 Å². The molecule has 0 aliphatic carbocycles. The highest BCUT2D eigenvalue weighted by molar-refractivity contribution is 5.33. The maximum Gasteiger partial charge on any atom is 0.124 e. The maximum absolute atomic E-state index is 5.40. The summed E-state index contributed by atoms with van der Waals surface area (Å²) in [5, 5.41) is 7.83. The number of rotatable bonds is 6. The zero-order chi connectivity index (χ0) is 12.1. The molecule has 1 aliphatic rings. The van der Waals surface area contributed by atoms with Crippen LogP contribution in [-0.4, -0.2) is 29.5 Å². The molecule has 1 aromatic heterocycles. The number of hydrogen-bond acceptors (Lipinski definition) is 3. The summed E-state index contributed by atoms with van der Waals surface area (Å²) in [7, 11) is 0. The van der Waals surface area contributed by atoms with Crippen LogP contribution in [0.2, 0.25) is 0 Å². The minimum absolute atomic E-state index is 0.626. The van der Waals surface area contributed by atoms with Gasteiger partial charge in [0.2, 0.25) is 0 Å². The van der Waals surface area contributed by atoms with Crippen LogP contribution >= 0.6 is 0 Å². The molecule has 0 amide bonds. The molecule has 1 aromatic rings. The standard InChI is InChI=1S/C13H23N3O/c1-11(2)3-6-14-13-4-7-15-16(13)9-12-5-8-17-10-12/h4,7,11-12,14H,3,5-6,8-10H2,1-2H3. The third-order valence-electron chi connectivity index (χ3n) is 3.20. The van der Waals surface area contributed by atoms with Gasteiger partial charge in [-0.1, -0.05) is 13.8 Å². The molecule has 0 spiro atoms. The van der Waals surface area contributed by atoms with Gasteiger partial charge in [0, 0.05) is 31.7 Å². The van der Waals surface area contributed by atoms with Gasteiger partial charge in [0.1, 0.15) is 5.82 Å². The molecule has 4 heteroatoms. The van der Waals surface area contributed by atoms with Gasteiger partial charge in [-0.05, 0) is 18.8 Å². The number of anilines is 1. The first-order valence-electron chi connectivity index (χ1n) is 6.59. The SMILES string of the molecule is CC(C)CCNc1ccnn1CC1CCOC1. The minimum atomic E-state index is 0.626.